The number of aromatic nitrogens is 2. The normalized spacial score (nSPS) is 16.2. The van der Waals surface area contributed by atoms with E-state index in [4.69, 9.17) is 4.74 Å². The van der Waals surface area contributed by atoms with Gasteiger partial charge >= 0.3 is 5.97 Å². The molecule has 1 fully saturated rings. The molecule has 2 heterocycles. The predicted octanol–water partition coefficient (Wildman–Crippen LogP) is 4.28. The van der Waals surface area contributed by atoms with Crippen LogP contribution >= 0.6 is 0 Å². The SMILES string of the molecule is CCCCC(=O)N1CCCCC1c1ncc(C(=O)O)c(COc2ccc(F)cc2F)n1. The van der Waals surface area contributed by atoms with Crippen LogP contribution in [0.2, 0.25) is 0 Å². The Kier molecular flexibility index (Phi) is 7.49. The van der Waals surface area contributed by atoms with Crippen LogP contribution in [-0.2, 0) is 11.4 Å². The van der Waals surface area contributed by atoms with E-state index in [1.807, 2.05) is 6.92 Å². The Morgan fingerprint density at radius 1 is 1.29 bits per heavy atom. The second-order valence-electron chi connectivity index (χ2n) is 7.46. The number of carbonyl (C=O) groups is 2. The number of benzene rings is 1. The molecule has 1 N–H and O–H groups in total. The number of ether oxygens (including phenoxy) is 1. The van der Waals surface area contributed by atoms with Crippen LogP contribution in [0, 0.1) is 11.6 Å². The van der Waals surface area contributed by atoms with Crippen LogP contribution in [0.1, 0.15) is 73.4 Å². The molecular formula is C22H25F2N3O4. The van der Waals surface area contributed by atoms with Gasteiger partial charge in [-0.1, -0.05) is 13.3 Å². The standard InChI is InChI=1S/C22H25F2N3O4/c1-2-3-7-20(28)27-10-5-4-6-18(27)21-25-12-15(22(29)30)17(26-21)13-31-19-9-8-14(23)11-16(19)24/h8-9,11-12,18H,2-7,10,13H2,1H3,(H,29,30). The maximum Gasteiger partial charge on any atom is 0.339 e. The zero-order chi connectivity index (χ0) is 22.4. The highest BCUT2D eigenvalue weighted by atomic mass is 19.1. The van der Waals surface area contributed by atoms with Gasteiger partial charge in [0, 0.05) is 25.2 Å². The molecule has 7 nitrogen and oxygen atoms in total. The van der Waals surface area contributed by atoms with Gasteiger partial charge in [0.15, 0.2) is 17.4 Å². The van der Waals surface area contributed by atoms with Crippen molar-refractivity contribution in [3.8, 4) is 5.75 Å². The molecule has 1 saturated heterocycles. The summed E-state index contributed by atoms with van der Waals surface area (Å²) in [6, 6.07) is 2.51. The van der Waals surface area contributed by atoms with Crippen molar-refractivity contribution in [2.75, 3.05) is 6.54 Å². The average Bonchev–Trinajstić information content (AvgIpc) is 2.76. The summed E-state index contributed by atoms with van der Waals surface area (Å²) in [6.07, 6.45) is 5.81. The number of piperidine rings is 1. The molecule has 3 rings (SSSR count). The summed E-state index contributed by atoms with van der Waals surface area (Å²) in [5.41, 5.74) is -0.112. The minimum absolute atomic E-state index is 0.0312. The van der Waals surface area contributed by atoms with E-state index >= 15 is 0 Å². The van der Waals surface area contributed by atoms with Crippen molar-refractivity contribution < 1.29 is 28.2 Å². The van der Waals surface area contributed by atoms with Crippen LogP contribution in [0.5, 0.6) is 5.75 Å². The Morgan fingerprint density at radius 2 is 2.10 bits per heavy atom. The van der Waals surface area contributed by atoms with Gasteiger partial charge in [0.2, 0.25) is 5.91 Å². The molecule has 1 amide bonds. The van der Waals surface area contributed by atoms with Gasteiger partial charge in [-0.3, -0.25) is 4.79 Å². The van der Waals surface area contributed by atoms with Gasteiger partial charge in [0.05, 0.1) is 11.7 Å². The fraction of sp³-hybridized carbons (Fsp3) is 0.455. The molecule has 0 radical (unpaired) electrons. The van der Waals surface area contributed by atoms with Gasteiger partial charge in [-0.2, -0.15) is 0 Å². The fourth-order valence-electron chi connectivity index (χ4n) is 3.59. The number of aromatic carboxylic acids is 1. The van der Waals surface area contributed by atoms with Gasteiger partial charge in [0.1, 0.15) is 18.0 Å². The molecule has 1 atom stereocenters. The predicted molar refractivity (Wildman–Crippen MR) is 108 cm³/mol. The maximum absolute atomic E-state index is 13.9. The molecule has 0 bridgehead atoms. The van der Waals surface area contributed by atoms with Gasteiger partial charge in [0.25, 0.3) is 0 Å². The first-order valence-corrected chi connectivity index (χ1v) is 10.4. The summed E-state index contributed by atoms with van der Waals surface area (Å²) in [4.78, 5) is 34.6. The van der Waals surface area contributed by atoms with Crippen LogP contribution in [-0.4, -0.2) is 38.4 Å². The van der Waals surface area contributed by atoms with E-state index in [2.05, 4.69) is 9.97 Å². The van der Waals surface area contributed by atoms with E-state index in [-0.39, 0.29) is 35.6 Å². The quantitative estimate of drug-likeness (QED) is 0.668. The van der Waals surface area contributed by atoms with E-state index in [0.717, 1.165) is 37.8 Å². The number of rotatable bonds is 8. The van der Waals surface area contributed by atoms with Crippen molar-refractivity contribution in [1.82, 2.24) is 14.9 Å². The number of likely N-dealkylation sites (tertiary alicyclic amines) is 1. The first kappa shape index (κ1) is 22.6. The van der Waals surface area contributed by atoms with Crippen LogP contribution in [0.3, 0.4) is 0 Å². The van der Waals surface area contributed by atoms with Crippen LogP contribution in [0.4, 0.5) is 8.78 Å². The molecule has 1 unspecified atom stereocenters. The number of halogens is 2. The van der Waals surface area contributed by atoms with E-state index in [1.54, 1.807) is 4.90 Å². The van der Waals surface area contributed by atoms with Gasteiger partial charge in [-0.05, 0) is 37.8 Å². The highest BCUT2D eigenvalue weighted by Gasteiger charge is 2.30. The fourth-order valence-corrected chi connectivity index (χ4v) is 3.59. The number of nitrogens with zero attached hydrogens (tertiary/aromatic N) is 3. The lowest BCUT2D eigenvalue weighted by atomic mass is 10.00. The second kappa shape index (κ2) is 10.3. The third-order valence-corrected chi connectivity index (χ3v) is 5.24. The zero-order valence-corrected chi connectivity index (χ0v) is 17.3. The van der Waals surface area contributed by atoms with E-state index < -0.39 is 17.6 Å². The smallest absolute Gasteiger partial charge is 0.339 e. The molecule has 0 spiro atoms. The summed E-state index contributed by atoms with van der Waals surface area (Å²) in [7, 11) is 0. The van der Waals surface area contributed by atoms with Gasteiger partial charge in [-0.25, -0.2) is 23.5 Å². The zero-order valence-electron chi connectivity index (χ0n) is 17.3. The molecule has 1 aliphatic heterocycles. The number of unbranched alkanes of at least 4 members (excludes halogenated alkanes) is 1. The van der Waals surface area contributed by atoms with Crippen molar-refractivity contribution in [3.05, 3.63) is 53.1 Å². The summed E-state index contributed by atoms with van der Waals surface area (Å²) in [5.74, 6) is -2.73. The Labute approximate surface area is 179 Å². The third-order valence-electron chi connectivity index (χ3n) is 5.24. The highest BCUT2D eigenvalue weighted by molar-refractivity contribution is 5.88. The molecule has 1 aromatic carbocycles. The van der Waals surface area contributed by atoms with Crippen LogP contribution < -0.4 is 4.74 Å². The van der Waals surface area contributed by atoms with Crippen molar-refractivity contribution >= 4 is 11.9 Å². The molecule has 166 valence electrons. The first-order chi connectivity index (χ1) is 14.9. The molecule has 0 aliphatic carbocycles. The lowest BCUT2D eigenvalue weighted by Crippen LogP contribution is -2.39. The van der Waals surface area contributed by atoms with Crippen LogP contribution in [0.15, 0.2) is 24.4 Å². The molecule has 31 heavy (non-hydrogen) atoms. The van der Waals surface area contributed by atoms with Crippen molar-refractivity contribution in [1.29, 1.82) is 0 Å². The van der Waals surface area contributed by atoms with Crippen LogP contribution in [0.25, 0.3) is 0 Å². The van der Waals surface area contributed by atoms with Gasteiger partial charge in [-0.15, -0.1) is 0 Å². The summed E-state index contributed by atoms with van der Waals surface area (Å²) >= 11 is 0. The van der Waals surface area contributed by atoms with Crippen molar-refractivity contribution in [2.45, 2.75) is 58.1 Å². The first-order valence-electron chi connectivity index (χ1n) is 10.4. The lowest BCUT2D eigenvalue weighted by molar-refractivity contribution is -0.135. The minimum Gasteiger partial charge on any atom is -0.484 e. The molecule has 1 aliphatic rings. The summed E-state index contributed by atoms with van der Waals surface area (Å²) < 4.78 is 32.3. The largest absolute Gasteiger partial charge is 0.484 e. The monoisotopic (exact) mass is 433 g/mol. The maximum atomic E-state index is 13.9. The molecule has 9 heteroatoms. The number of carbonyl (C=O) groups excluding carboxylic acids is 1. The third kappa shape index (κ3) is 5.53. The van der Waals surface area contributed by atoms with E-state index in [9.17, 15) is 23.5 Å². The molecule has 1 aromatic heterocycles. The number of hydrogen-bond donors (Lipinski definition) is 1. The Bertz CT molecular complexity index is 954. The molecular weight excluding hydrogens is 408 g/mol. The number of amides is 1. The highest BCUT2D eigenvalue weighted by Crippen LogP contribution is 2.30. The summed E-state index contributed by atoms with van der Waals surface area (Å²) in [6.45, 7) is 2.28. The Hall–Kier alpha value is -3.10. The van der Waals surface area contributed by atoms with Crippen molar-refractivity contribution in [2.24, 2.45) is 0 Å². The van der Waals surface area contributed by atoms with E-state index in [0.29, 0.717) is 31.3 Å². The molecule has 0 saturated carbocycles. The lowest BCUT2D eigenvalue weighted by Gasteiger charge is -2.35. The number of carboxylic acid groups (broad SMARTS) is 1. The Morgan fingerprint density at radius 3 is 2.81 bits per heavy atom. The van der Waals surface area contributed by atoms with Gasteiger partial charge < -0.3 is 14.7 Å². The second-order valence-corrected chi connectivity index (χ2v) is 7.46. The number of carboxylic acids is 1. The van der Waals surface area contributed by atoms with Crippen molar-refractivity contribution in [3.63, 3.8) is 0 Å². The topological polar surface area (TPSA) is 92.6 Å². The minimum atomic E-state index is -1.25. The number of hydrogen-bond acceptors (Lipinski definition) is 5. The summed E-state index contributed by atoms with van der Waals surface area (Å²) in [5, 5.41) is 9.47. The molecule has 2 aromatic rings. The van der Waals surface area contributed by atoms with E-state index in [1.165, 1.54) is 6.20 Å². The Balaban J connectivity index is 1.85. The average molecular weight is 433 g/mol.